The standard InChI is InChI=1S/C10H10Cl2O2.C7H7Cl2N/c1-6-3-7(11)4-9(12)8(6)5-10(13)14-2;1-4-2-5(8)3-6(9)7(4)10/h3-4H,5H2,1-2H3;2-3H,10H2,1H3. The Morgan fingerprint density at radius 3 is 1.92 bits per heavy atom. The number of rotatable bonds is 2. The highest BCUT2D eigenvalue weighted by Gasteiger charge is 2.10. The number of halogens is 4. The molecule has 0 unspecified atom stereocenters. The largest absolute Gasteiger partial charge is 0.469 e. The molecule has 0 amide bonds. The molecule has 0 fully saturated rings. The molecule has 2 N–H and O–H groups in total. The zero-order valence-electron chi connectivity index (χ0n) is 13.4. The predicted octanol–water partition coefficient (Wildman–Crippen LogP) is 5.90. The van der Waals surface area contributed by atoms with Gasteiger partial charge in [0.15, 0.2) is 0 Å². The summed E-state index contributed by atoms with van der Waals surface area (Å²) < 4.78 is 4.56. The second kappa shape index (κ2) is 9.38. The molecule has 0 aliphatic carbocycles. The van der Waals surface area contributed by atoms with Crippen LogP contribution >= 0.6 is 46.4 Å². The molecule has 0 atom stereocenters. The third-order valence-corrected chi connectivity index (χ3v) is 4.32. The smallest absolute Gasteiger partial charge is 0.310 e. The highest BCUT2D eigenvalue weighted by Crippen LogP contribution is 2.26. The summed E-state index contributed by atoms with van der Waals surface area (Å²) in [5.41, 5.74) is 8.74. The van der Waals surface area contributed by atoms with Crippen molar-refractivity contribution in [3.63, 3.8) is 0 Å². The van der Waals surface area contributed by atoms with Crippen molar-refractivity contribution in [2.24, 2.45) is 0 Å². The molecule has 0 saturated carbocycles. The zero-order valence-corrected chi connectivity index (χ0v) is 16.4. The number of hydrogen-bond donors (Lipinski definition) is 1. The summed E-state index contributed by atoms with van der Waals surface area (Å²) in [6.45, 7) is 3.73. The van der Waals surface area contributed by atoms with E-state index in [0.29, 0.717) is 25.8 Å². The van der Waals surface area contributed by atoms with E-state index >= 15 is 0 Å². The number of aryl methyl sites for hydroxylation is 2. The van der Waals surface area contributed by atoms with Crippen molar-refractivity contribution in [1.29, 1.82) is 0 Å². The van der Waals surface area contributed by atoms with Gasteiger partial charge in [0, 0.05) is 15.1 Å². The van der Waals surface area contributed by atoms with Gasteiger partial charge < -0.3 is 10.5 Å². The lowest BCUT2D eigenvalue weighted by atomic mass is 10.1. The number of carbonyl (C=O) groups excluding carboxylic acids is 1. The van der Waals surface area contributed by atoms with Gasteiger partial charge in [0.1, 0.15) is 0 Å². The zero-order chi connectivity index (χ0) is 18.4. The van der Waals surface area contributed by atoms with E-state index in [-0.39, 0.29) is 12.4 Å². The van der Waals surface area contributed by atoms with Crippen molar-refractivity contribution in [1.82, 2.24) is 0 Å². The lowest BCUT2D eigenvalue weighted by molar-refractivity contribution is -0.139. The van der Waals surface area contributed by atoms with Crippen molar-refractivity contribution in [3.8, 4) is 0 Å². The summed E-state index contributed by atoms with van der Waals surface area (Å²) in [6, 6.07) is 6.80. The van der Waals surface area contributed by atoms with Crippen LogP contribution in [0.25, 0.3) is 0 Å². The second-order valence-electron chi connectivity index (χ2n) is 5.05. The van der Waals surface area contributed by atoms with Crippen LogP contribution in [0.3, 0.4) is 0 Å². The molecule has 0 saturated heterocycles. The lowest BCUT2D eigenvalue weighted by Crippen LogP contribution is -2.06. The minimum Gasteiger partial charge on any atom is -0.469 e. The number of nitrogen functional groups attached to an aromatic ring is 1. The molecule has 2 rings (SSSR count). The first-order valence-corrected chi connectivity index (χ1v) is 8.39. The number of methoxy groups -OCH3 is 1. The van der Waals surface area contributed by atoms with Crippen molar-refractivity contribution in [2.45, 2.75) is 20.3 Å². The molecule has 0 aromatic heterocycles. The molecule has 130 valence electrons. The minimum absolute atomic E-state index is 0.179. The fourth-order valence-electron chi connectivity index (χ4n) is 1.89. The van der Waals surface area contributed by atoms with E-state index in [1.807, 2.05) is 13.8 Å². The number of anilines is 1. The molecular weight excluding hydrogens is 392 g/mol. The van der Waals surface area contributed by atoms with Crippen LogP contribution in [0.1, 0.15) is 16.7 Å². The number of hydrogen-bond acceptors (Lipinski definition) is 3. The van der Waals surface area contributed by atoms with Crippen LogP contribution in [-0.2, 0) is 16.0 Å². The van der Waals surface area contributed by atoms with Gasteiger partial charge in [-0.2, -0.15) is 0 Å². The van der Waals surface area contributed by atoms with E-state index in [1.165, 1.54) is 7.11 Å². The van der Waals surface area contributed by atoms with Gasteiger partial charge in [0.25, 0.3) is 0 Å². The third-order valence-electron chi connectivity index (χ3n) is 3.23. The lowest BCUT2D eigenvalue weighted by Gasteiger charge is -2.07. The van der Waals surface area contributed by atoms with E-state index in [0.717, 1.165) is 16.7 Å². The van der Waals surface area contributed by atoms with E-state index in [1.54, 1.807) is 24.3 Å². The van der Waals surface area contributed by atoms with Gasteiger partial charge in [-0.15, -0.1) is 0 Å². The Hall–Kier alpha value is -1.13. The summed E-state index contributed by atoms with van der Waals surface area (Å²) in [5, 5.41) is 2.21. The Morgan fingerprint density at radius 1 is 0.958 bits per heavy atom. The van der Waals surface area contributed by atoms with Gasteiger partial charge in [-0.05, 0) is 54.8 Å². The molecule has 2 aromatic rings. The van der Waals surface area contributed by atoms with Gasteiger partial charge in [0.2, 0.25) is 0 Å². The maximum Gasteiger partial charge on any atom is 0.310 e. The second-order valence-corrected chi connectivity index (χ2v) is 6.74. The first-order chi connectivity index (χ1) is 11.1. The molecular formula is C17H17Cl4NO2. The monoisotopic (exact) mass is 407 g/mol. The first-order valence-electron chi connectivity index (χ1n) is 6.88. The van der Waals surface area contributed by atoms with Crippen LogP contribution in [0.4, 0.5) is 5.69 Å². The van der Waals surface area contributed by atoms with Gasteiger partial charge in [-0.3, -0.25) is 4.79 Å². The van der Waals surface area contributed by atoms with Gasteiger partial charge in [-0.1, -0.05) is 46.4 Å². The maximum atomic E-state index is 11.1. The van der Waals surface area contributed by atoms with E-state index in [9.17, 15) is 4.79 Å². The summed E-state index contributed by atoms with van der Waals surface area (Å²) in [6.07, 6.45) is 0.179. The molecule has 2 aromatic carbocycles. The molecule has 24 heavy (non-hydrogen) atoms. The molecule has 0 spiro atoms. The van der Waals surface area contributed by atoms with Crippen LogP contribution in [-0.4, -0.2) is 13.1 Å². The topological polar surface area (TPSA) is 52.3 Å². The molecule has 0 bridgehead atoms. The number of carbonyl (C=O) groups is 1. The van der Waals surface area contributed by atoms with Crippen LogP contribution < -0.4 is 5.73 Å². The van der Waals surface area contributed by atoms with E-state index in [2.05, 4.69) is 4.74 Å². The normalized spacial score (nSPS) is 9.96. The third kappa shape index (κ3) is 6.06. The molecule has 0 aliphatic heterocycles. The fourth-order valence-corrected chi connectivity index (χ4v) is 3.14. The van der Waals surface area contributed by atoms with Crippen molar-refractivity contribution < 1.29 is 9.53 Å². The van der Waals surface area contributed by atoms with Gasteiger partial charge >= 0.3 is 5.97 Å². The summed E-state index contributed by atoms with van der Waals surface area (Å²) >= 11 is 23.1. The van der Waals surface area contributed by atoms with Crippen LogP contribution in [0.5, 0.6) is 0 Å². The van der Waals surface area contributed by atoms with Gasteiger partial charge in [-0.25, -0.2) is 0 Å². The highest BCUT2D eigenvalue weighted by atomic mass is 35.5. The van der Waals surface area contributed by atoms with Crippen molar-refractivity contribution >= 4 is 58.1 Å². The summed E-state index contributed by atoms with van der Waals surface area (Å²) in [5.74, 6) is -0.308. The Balaban J connectivity index is 0.000000254. The minimum atomic E-state index is -0.308. The molecule has 3 nitrogen and oxygen atoms in total. The first kappa shape index (κ1) is 20.9. The average molecular weight is 409 g/mol. The van der Waals surface area contributed by atoms with E-state index in [4.69, 9.17) is 52.1 Å². The number of benzene rings is 2. The number of esters is 1. The summed E-state index contributed by atoms with van der Waals surface area (Å²) in [7, 11) is 1.35. The molecule has 0 radical (unpaired) electrons. The summed E-state index contributed by atoms with van der Waals surface area (Å²) in [4.78, 5) is 11.1. The van der Waals surface area contributed by atoms with Crippen LogP contribution in [0.2, 0.25) is 20.1 Å². The Labute approximate surface area is 161 Å². The van der Waals surface area contributed by atoms with Crippen LogP contribution in [0, 0.1) is 13.8 Å². The number of ether oxygens (including phenoxy) is 1. The predicted molar refractivity (Wildman–Crippen MR) is 103 cm³/mol. The van der Waals surface area contributed by atoms with E-state index < -0.39 is 0 Å². The van der Waals surface area contributed by atoms with Gasteiger partial charge in [0.05, 0.1) is 24.2 Å². The molecule has 0 aliphatic rings. The fraction of sp³-hybridized carbons (Fsp3) is 0.235. The molecule has 0 heterocycles. The molecule has 7 heteroatoms. The Morgan fingerprint density at radius 2 is 1.46 bits per heavy atom. The Kier molecular flexibility index (Phi) is 8.17. The highest BCUT2D eigenvalue weighted by molar-refractivity contribution is 6.36. The maximum absolute atomic E-state index is 11.1. The van der Waals surface area contributed by atoms with Crippen molar-refractivity contribution in [2.75, 3.05) is 12.8 Å². The Bertz CT molecular complexity index is 701. The quantitative estimate of drug-likeness (QED) is 0.496. The SMILES string of the molecule is COC(=O)Cc1c(C)cc(Cl)cc1Cl.Cc1cc(Cl)cc(Cl)c1N. The van der Waals surface area contributed by atoms with Crippen molar-refractivity contribution in [3.05, 3.63) is 61.0 Å². The number of nitrogens with two attached hydrogens (primary N) is 1. The van der Waals surface area contributed by atoms with Crippen LogP contribution in [0.15, 0.2) is 24.3 Å². The average Bonchev–Trinajstić information content (AvgIpc) is 2.48.